The van der Waals surface area contributed by atoms with Crippen LogP contribution in [0.25, 0.3) is 0 Å². The van der Waals surface area contributed by atoms with Crippen LogP contribution in [0.2, 0.25) is 0 Å². The van der Waals surface area contributed by atoms with Crippen molar-refractivity contribution >= 4 is 5.78 Å². The lowest BCUT2D eigenvalue weighted by molar-refractivity contribution is 0.101. The minimum Gasteiger partial charge on any atom is -0.507 e. The summed E-state index contributed by atoms with van der Waals surface area (Å²) in [4.78, 5) is 13.6. The summed E-state index contributed by atoms with van der Waals surface area (Å²) in [5.74, 6) is -0.142. The van der Waals surface area contributed by atoms with Gasteiger partial charge < -0.3 is 5.11 Å². The standard InChI is InChI=1S/C16H22FNO2/c1-3-18(9-12-5-4-6-12)10-13-7-14(17)8-15(11(2)19)16(13)20/h7-8,12,20H,3-6,9-10H2,1-2H3. The summed E-state index contributed by atoms with van der Waals surface area (Å²) in [5.41, 5.74) is 0.566. The molecule has 1 aromatic rings. The molecule has 0 amide bonds. The van der Waals surface area contributed by atoms with Crippen LogP contribution in [-0.2, 0) is 6.54 Å². The molecule has 1 N–H and O–H groups in total. The fraction of sp³-hybridized carbons (Fsp3) is 0.562. The van der Waals surface area contributed by atoms with Gasteiger partial charge in [0.05, 0.1) is 5.56 Å². The Hall–Kier alpha value is -1.42. The SMILES string of the molecule is CCN(Cc1cc(F)cc(C(C)=O)c1O)CC1CCC1. The third-order valence-electron chi connectivity index (χ3n) is 4.12. The zero-order chi connectivity index (χ0) is 14.7. The molecule has 0 aliphatic heterocycles. The molecular weight excluding hydrogens is 257 g/mol. The van der Waals surface area contributed by atoms with Crippen molar-refractivity contribution in [3.05, 3.63) is 29.1 Å². The lowest BCUT2D eigenvalue weighted by Crippen LogP contribution is -2.32. The second-order valence-electron chi connectivity index (χ2n) is 5.64. The van der Waals surface area contributed by atoms with Crippen LogP contribution in [0, 0.1) is 11.7 Å². The van der Waals surface area contributed by atoms with Crippen LogP contribution < -0.4 is 0 Å². The number of Topliss-reactive ketones (excluding diaryl/α,β-unsaturated/α-hetero) is 1. The zero-order valence-electron chi connectivity index (χ0n) is 12.2. The first-order valence-electron chi connectivity index (χ1n) is 7.26. The number of ketones is 1. The van der Waals surface area contributed by atoms with Crippen molar-refractivity contribution in [3.8, 4) is 5.75 Å². The van der Waals surface area contributed by atoms with E-state index in [0.717, 1.165) is 25.1 Å². The van der Waals surface area contributed by atoms with E-state index >= 15 is 0 Å². The highest BCUT2D eigenvalue weighted by Crippen LogP contribution is 2.29. The van der Waals surface area contributed by atoms with Crippen LogP contribution in [0.4, 0.5) is 4.39 Å². The second-order valence-corrected chi connectivity index (χ2v) is 5.64. The monoisotopic (exact) mass is 279 g/mol. The summed E-state index contributed by atoms with van der Waals surface area (Å²) in [6.45, 7) is 5.70. The molecule has 2 rings (SSSR count). The van der Waals surface area contributed by atoms with Gasteiger partial charge in [-0.25, -0.2) is 4.39 Å². The van der Waals surface area contributed by atoms with E-state index < -0.39 is 5.82 Å². The maximum Gasteiger partial charge on any atom is 0.163 e. The molecule has 1 aliphatic rings. The smallest absolute Gasteiger partial charge is 0.163 e. The Labute approximate surface area is 119 Å². The first-order valence-corrected chi connectivity index (χ1v) is 7.26. The molecule has 0 atom stereocenters. The Balaban J connectivity index is 2.16. The highest BCUT2D eigenvalue weighted by molar-refractivity contribution is 5.97. The number of aromatic hydroxyl groups is 1. The van der Waals surface area contributed by atoms with Crippen LogP contribution in [0.5, 0.6) is 5.75 Å². The van der Waals surface area contributed by atoms with Crippen molar-refractivity contribution in [1.82, 2.24) is 4.90 Å². The average Bonchev–Trinajstić information content (AvgIpc) is 2.35. The van der Waals surface area contributed by atoms with Crippen molar-refractivity contribution in [2.45, 2.75) is 39.7 Å². The third-order valence-corrected chi connectivity index (χ3v) is 4.12. The Morgan fingerprint density at radius 3 is 2.65 bits per heavy atom. The van der Waals surface area contributed by atoms with E-state index in [1.165, 1.54) is 32.3 Å². The van der Waals surface area contributed by atoms with Gasteiger partial charge in [-0.1, -0.05) is 13.3 Å². The largest absolute Gasteiger partial charge is 0.507 e. The molecule has 0 heterocycles. The second kappa shape index (κ2) is 6.35. The molecule has 0 radical (unpaired) electrons. The molecule has 0 spiro atoms. The maximum atomic E-state index is 13.6. The minimum absolute atomic E-state index is 0.0692. The van der Waals surface area contributed by atoms with Crippen molar-refractivity contribution in [2.75, 3.05) is 13.1 Å². The number of hydrogen-bond donors (Lipinski definition) is 1. The van der Waals surface area contributed by atoms with E-state index in [9.17, 15) is 14.3 Å². The van der Waals surface area contributed by atoms with Gasteiger partial charge in [0.2, 0.25) is 0 Å². The van der Waals surface area contributed by atoms with Gasteiger partial charge >= 0.3 is 0 Å². The number of benzene rings is 1. The number of carbonyl (C=O) groups is 1. The van der Waals surface area contributed by atoms with Gasteiger partial charge in [0, 0.05) is 18.7 Å². The van der Waals surface area contributed by atoms with Gasteiger partial charge in [0.1, 0.15) is 11.6 Å². The van der Waals surface area contributed by atoms with Gasteiger partial charge in [0.25, 0.3) is 0 Å². The quantitative estimate of drug-likeness (QED) is 0.812. The fourth-order valence-corrected chi connectivity index (χ4v) is 2.63. The molecule has 1 fully saturated rings. The number of nitrogens with zero attached hydrogens (tertiary/aromatic N) is 1. The van der Waals surface area contributed by atoms with E-state index in [-0.39, 0.29) is 17.1 Å². The molecular formula is C16H22FNO2. The molecule has 110 valence electrons. The molecule has 0 bridgehead atoms. The normalized spacial score (nSPS) is 15.4. The Morgan fingerprint density at radius 1 is 1.45 bits per heavy atom. The lowest BCUT2D eigenvalue weighted by Gasteiger charge is -2.32. The molecule has 4 heteroatoms. The van der Waals surface area contributed by atoms with Crippen LogP contribution in [0.15, 0.2) is 12.1 Å². The zero-order valence-corrected chi connectivity index (χ0v) is 12.2. The topological polar surface area (TPSA) is 40.5 Å². The Bertz CT molecular complexity index is 497. The number of rotatable bonds is 6. The molecule has 0 unspecified atom stereocenters. The highest BCUT2D eigenvalue weighted by atomic mass is 19.1. The molecule has 0 saturated heterocycles. The van der Waals surface area contributed by atoms with Gasteiger partial charge in [-0.05, 0) is 44.4 Å². The van der Waals surface area contributed by atoms with Crippen LogP contribution in [-0.4, -0.2) is 28.9 Å². The summed E-state index contributed by atoms with van der Waals surface area (Å²) in [5, 5.41) is 10.1. The van der Waals surface area contributed by atoms with E-state index in [2.05, 4.69) is 11.8 Å². The van der Waals surface area contributed by atoms with Crippen LogP contribution >= 0.6 is 0 Å². The van der Waals surface area contributed by atoms with Gasteiger partial charge in [0.15, 0.2) is 5.78 Å². The van der Waals surface area contributed by atoms with Crippen LogP contribution in [0.1, 0.15) is 49.0 Å². The minimum atomic E-state index is -0.470. The number of phenols is 1. The summed E-state index contributed by atoms with van der Waals surface area (Å²) in [6.07, 6.45) is 3.80. The van der Waals surface area contributed by atoms with Crippen molar-refractivity contribution in [3.63, 3.8) is 0 Å². The first-order chi connectivity index (χ1) is 9.51. The van der Waals surface area contributed by atoms with E-state index in [0.29, 0.717) is 12.1 Å². The number of phenolic OH excluding ortho intramolecular Hbond substituents is 1. The predicted octanol–water partition coefficient (Wildman–Crippen LogP) is 3.36. The third kappa shape index (κ3) is 3.37. The highest BCUT2D eigenvalue weighted by Gasteiger charge is 2.21. The molecule has 1 saturated carbocycles. The summed E-state index contributed by atoms with van der Waals surface area (Å²) in [6, 6.07) is 2.43. The summed E-state index contributed by atoms with van der Waals surface area (Å²) in [7, 11) is 0. The summed E-state index contributed by atoms with van der Waals surface area (Å²) < 4.78 is 13.6. The van der Waals surface area contributed by atoms with Gasteiger partial charge in [-0.3, -0.25) is 9.69 Å². The van der Waals surface area contributed by atoms with E-state index in [1.54, 1.807) is 0 Å². The number of carbonyl (C=O) groups excluding carboxylic acids is 1. The molecule has 20 heavy (non-hydrogen) atoms. The maximum absolute atomic E-state index is 13.6. The predicted molar refractivity (Wildman–Crippen MR) is 76.4 cm³/mol. The van der Waals surface area contributed by atoms with E-state index in [4.69, 9.17) is 0 Å². The average molecular weight is 279 g/mol. The summed E-state index contributed by atoms with van der Waals surface area (Å²) >= 11 is 0. The van der Waals surface area contributed by atoms with Crippen molar-refractivity contribution in [1.29, 1.82) is 0 Å². The van der Waals surface area contributed by atoms with Crippen LogP contribution in [0.3, 0.4) is 0 Å². The van der Waals surface area contributed by atoms with Crippen molar-refractivity contribution in [2.24, 2.45) is 5.92 Å². The van der Waals surface area contributed by atoms with Gasteiger partial charge in [-0.15, -0.1) is 0 Å². The molecule has 0 aromatic heterocycles. The van der Waals surface area contributed by atoms with Gasteiger partial charge in [-0.2, -0.15) is 0 Å². The Kier molecular flexibility index (Phi) is 4.76. The number of hydrogen-bond acceptors (Lipinski definition) is 3. The molecule has 3 nitrogen and oxygen atoms in total. The Morgan fingerprint density at radius 2 is 2.15 bits per heavy atom. The molecule has 1 aliphatic carbocycles. The lowest BCUT2D eigenvalue weighted by atomic mass is 9.85. The number of halogens is 1. The first kappa shape index (κ1) is 15.0. The fourth-order valence-electron chi connectivity index (χ4n) is 2.63. The van der Waals surface area contributed by atoms with E-state index in [1.807, 2.05) is 0 Å². The van der Waals surface area contributed by atoms with Crippen molar-refractivity contribution < 1.29 is 14.3 Å². The molecule has 1 aromatic carbocycles.